The molecule has 0 aromatic heterocycles. The number of halogens is 3. The standard InChI is InChI=1S/C23H22F3NO3/c24-23(25,26)18-4-1-3-16(12-18)11-17-7-8-20-19(13-17)22(29-9-2-10-30-22)21(28)27(20)14-15-5-6-15/h1,3-4,7-8,12-13,15H,2,5-6,9-11,14H2. The van der Waals surface area contributed by atoms with E-state index in [4.69, 9.17) is 9.47 Å². The third kappa shape index (κ3) is 3.40. The number of nitrogens with zero attached hydrogens (tertiary/aromatic N) is 1. The molecule has 2 aromatic carbocycles. The number of hydrogen-bond donors (Lipinski definition) is 0. The van der Waals surface area contributed by atoms with Crippen LogP contribution >= 0.6 is 0 Å². The maximum Gasteiger partial charge on any atom is 0.416 e. The van der Waals surface area contributed by atoms with Gasteiger partial charge in [-0.3, -0.25) is 4.79 Å². The molecule has 2 aliphatic heterocycles. The first-order valence-corrected chi connectivity index (χ1v) is 10.3. The topological polar surface area (TPSA) is 38.8 Å². The van der Waals surface area contributed by atoms with E-state index in [0.29, 0.717) is 43.2 Å². The number of carbonyl (C=O) groups excluding carboxylic acids is 1. The molecule has 0 unspecified atom stereocenters. The van der Waals surface area contributed by atoms with Crippen molar-refractivity contribution >= 4 is 11.6 Å². The number of rotatable bonds is 4. The van der Waals surface area contributed by atoms with Crippen LogP contribution in [0, 0.1) is 5.92 Å². The molecule has 2 heterocycles. The molecule has 0 N–H and O–H groups in total. The van der Waals surface area contributed by atoms with Crippen LogP contribution in [0.1, 0.15) is 41.5 Å². The maximum atomic E-state index is 13.3. The van der Waals surface area contributed by atoms with Crippen molar-refractivity contribution in [2.45, 2.75) is 37.6 Å². The van der Waals surface area contributed by atoms with E-state index in [2.05, 4.69) is 0 Å². The lowest BCUT2D eigenvalue weighted by molar-refractivity contribution is -0.256. The van der Waals surface area contributed by atoms with Gasteiger partial charge >= 0.3 is 6.18 Å². The van der Waals surface area contributed by atoms with Crippen LogP contribution in [0.3, 0.4) is 0 Å². The Labute approximate surface area is 172 Å². The zero-order chi connectivity index (χ0) is 20.9. The lowest BCUT2D eigenvalue weighted by Gasteiger charge is -2.32. The average molecular weight is 417 g/mol. The van der Waals surface area contributed by atoms with Crippen molar-refractivity contribution in [2.24, 2.45) is 5.92 Å². The van der Waals surface area contributed by atoms with E-state index >= 15 is 0 Å². The fraction of sp³-hybridized carbons (Fsp3) is 0.435. The zero-order valence-corrected chi connectivity index (χ0v) is 16.4. The Morgan fingerprint density at radius 3 is 2.47 bits per heavy atom. The van der Waals surface area contributed by atoms with Gasteiger partial charge in [0.2, 0.25) is 0 Å². The molecule has 1 saturated heterocycles. The van der Waals surface area contributed by atoms with Gasteiger partial charge in [-0.25, -0.2) is 0 Å². The second kappa shape index (κ2) is 7.10. The molecular weight excluding hydrogens is 395 g/mol. The summed E-state index contributed by atoms with van der Waals surface area (Å²) < 4.78 is 50.9. The van der Waals surface area contributed by atoms with E-state index in [1.807, 2.05) is 18.2 Å². The minimum Gasteiger partial charge on any atom is -0.338 e. The summed E-state index contributed by atoms with van der Waals surface area (Å²) in [7, 11) is 0. The largest absolute Gasteiger partial charge is 0.416 e. The first kappa shape index (κ1) is 19.6. The van der Waals surface area contributed by atoms with Gasteiger partial charge < -0.3 is 14.4 Å². The second-order valence-corrected chi connectivity index (χ2v) is 8.25. The van der Waals surface area contributed by atoms with Crippen LogP contribution in [-0.2, 0) is 32.7 Å². The fourth-order valence-corrected chi connectivity index (χ4v) is 4.24. The van der Waals surface area contributed by atoms with Crippen LogP contribution in [0.15, 0.2) is 42.5 Å². The fourth-order valence-electron chi connectivity index (χ4n) is 4.24. The monoisotopic (exact) mass is 417 g/mol. The number of ether oxygens (including phenoxy) is 2. The van der Waals surface area contributed by atoms with Crippen LogP contribution in [-0.4, -0.2) is 25.7 Å². The average Bonchev–Trinajstić information content (AvgIpc) is 3.53. The molecule has 30 heavy (non-hydrogen) atoms. The molecule has 0 bridgehead atoms. The van der Waals surface area contributed by atoms with Crippen molar-refractivity contribution in [1.82, 2.24) is 0 Å². The predicted octanol–water partition coefficient (Wildman–Crippen LogP) is 4.64. The van der Waals surface area contributed by atoms with E-state index in [-0.39, 0.29) is 5.91 Å². The SMILES string of the molecule is O=C1N(CC2CC2)c2ccc(Cc3cccc(C(F)(F)F)c3)cc2C12OCCCO2. The van der Waals surface area contributed by atoms with Gasteiger partial charge in [-0.2, -0.15) is 13.2 Å². The molecule has 1 amide bonds. The van der Waals surface area contributed by atoms with Gasteiger partial charge in [0.1, 0.15) is 0 Å². The Hall–Kier alpha value is -2.38. The summed E-state index contributed by atoms with van der Waals surface area (Å²) >= 11 is 0. The minimum atomic E-state index is -4.38. The number of alkyl halides is 3. The first-order chi connectivity index (χ1) is 14.4. The third-order valence-electron chi connectivity index (χ3n) is 5.93. The van der Waals surface area contributed by atoms with Crippen molar-refractivity contribution in [2.75, 3.05) is 24.7 Å². The van der Waals surface area contributed by atoms with Gasteiger partial charge in [-0.15, -0.1) is 0 Å². The number of hydrogen-bond acceptors (Lipinski definition) is 3. The van der Waals surface area contributed by atoms with Crippen molar-refractivity contribution in [3.05, 3.63) is 64.7 Å². The highest BCUT2D eigenvalue weighted by Crippen LogP contribution is 2.47. The van der Waals surface area contributed by atoms with Crippen LogP contribution in [0.4, 0.5) is 18.9 Å². The molecule has 2 fully saturated rings. The van der Waals surface area contributed by atoms with Crippen LogP contribution in [0.5, 0.6) is 0 Å². The predicted molar refractivity (Wildman–Crippen MR) is 104 cm³/mol. The summed E-state index contributed by atoms with van der Waals surface area (Å²) in [6, 6.07) is 10.9. The molecule has 7 heteroatoms. The summed E-state index contributed by atoms with van der Waals surface area (Å²) in [5, 5.41) is 0. The van der Waals surface area contributed by atoms with Gasteiger partial charge in [-0.05, 0) is 60.9 Å². The number of carbonyl (C=O) groups is 1. The van der Waals surface area contributed by atoms with Gasteiger partial charge in [-0.1, -0.05) is 24.3 Å². The molecule has 1 saturated carbocycles. The molecule has 4 nitrogen and oxygen atoms in total. The van der Waals surface area contributed by atoms with E-state index < -0.39 is 17.5 Å². The lowest BCUT2D eigenvalue weighted by Crippen LogP contribution is -2.47. The molecule has 1 spiro atoms. The number of benzene rings is 2. The normalized spacial score (nSPS) is 20.6. The highest BCUT2D eigenvalue weighted by atomic mass is 19.4. The Kier molecular flexibility index (Phi) is 4.63. The quantitative estimate of drug-likeness (QED) is 0.728. The Balaban J connectivity index is 1.49. The van der Waals surface area contributed by atoms with Gasteiger partial charge in [0, 0.05) is 12.1 Å². The molecule has 1 aliphatic carbocycles. The molecule has 2 aromatic rings. The number of amides is 1. The summed E-state index contributed by atoms with van der Waals surface area (Å²) in [5.74, 6) is -1.11. The van der Waals surface area contributed by atoms with Crippen molar-refractivity contribution in [3.63, 3.8) is 0 Å². The van der Waals surface area contributed by atoms with Crippen LogP contribution in [0.2, 0.25) is 0 Å². The molecular formula is C23H22F3NO3. The van der Waals surface area contributed by atoms with E-state index in [0.717, 1.165) is 36.6 Å². The van der Waals surface area contributed by atoms with Crippen molar-refractivity contribution < 1.29 is 27.4 Å². The second-order valence-electron chi connectivity index (χ2n) is 8.25. The first-order valence-electron chi connectivity index (χ1n) is 10.3. The highest BCUT2D eigenvalue weighted by molar-refractivity contribution is 6.06. The highest BCUT2D eigenvalue weighted by Gasteiger charge is 2.55. The zero-order valence-electron chi connectivity index (χ0n) is 16.4. The molecule has 5 rings (SSSR count). The maximum absolute atomic E-state index is 13.3. The lowest BCUT2D eigenvalue weighted by atomic mass is 9.98. The van der Waals surface area contributed by atoms with Gasteiger partial charge in [0.05, 0.1) is 24.5 Å². The van der Waals surface area contributed by atoms with E-state index in [1.54, 1.807) is 11.0 Å². The summed E-state index contributed by atoms with van der Waals surface area (Å²) in [5.41, 5.74) is 2.15. The van der Waals surface area contributed by atoms with Crippen molar-refractivity contribution in [3.8, 4) is 0 Å². The van der Waals surface area contributed by atoms with Crippen molar-refractivity contribution in [1.29, 1.82) is 0 Å². The Morgan fingerprint density at radius 1 is 1.03 bits per heavy atom. The summed E-state index contributed by atoms with van der Waals surface area (Å²) in [6.07, 6.45) is -1.11. The molecule has 3 aliphatic rings. The minimum absolute atomic E-state index is 0.194. The molecule has 0 radical (unpaired) electrons. The number of fused-ring (bicyclic) bond motifs is 2. The van der Waals surface area contributed by atoms with E-state index in [9.17, 15) is 18.0 Å². The number of anilines is 1. The van der Waals surface area contributed by atoms with Gasteiger partial charge in [0.15, 0.2) is 0 Å². The smallest absolute Gasteiger partial charge is 0.338 e. The summed E-state index contributed by atoms with van der Waals surface area (Å²) in [6.45, 7) is 1.51. The molecule has 158 valence electrons. The van der Waals surface area contributed by atoms with E-state index in [1.165, 1.54) is 12.1 Å². The van der Waals surface area contributed by atoms with Gasteiger partial charge in [0.25, 0.3) is 11.7 Å². The van der Waals surface area contributed by atoms with Crippen LogP contribution < -0.4 is 4.90 Å². The Morgan fingerprint density at radius 2 is 1.77 bits per heavy atom. The summed E-state index contributed by atoms with van der Waals surface area (Å²) in [4.78, 5) is 15.0. The molecule has 0 atom stereocenters. The third-order valence-corrected chi connectivity index (χ3v) is 5.93. The van der Waals surface area contributed by atoms with Crippen LogP contribution in [0.25, 0.3) is 0 Å². The Bertz CT molecular complexity index is 978.